The molecule has 1 unspecified atom stereocenters. The number of hydrogen-bond acceptors (Lipinski definition) is 4. The van der Waals surface area contributed by atoms with E-state index >= 15 is 0 Å². The predicted molar refractivity (Wildman–Crippen MR) is 89.9 cm³/mol. The van der Waals surface area contributed by atoms with Gasteiger partial charge in [0.05, 0.1) is 4.90 Å². The van der Waals surface area contributed by atoms with Crippen LogP contribution in [-0.4, -0.2) is 55.8 Å². The summed E-state index contributed by atoms with van der Waals surface area (Å²) in [7, 11) is 0.333. The Morgan fingerprint density at radius 1 is 1.29 bits per heavy atom. The zero-order chi connectivity index (χ0) is 16.2. The Labute approximate surface area is 132 Å². The summed E-state index contributed by atoms with van der Waals surface area (Å²) >= 11 is 4.87. The molecule has 118 valence electrons. The van der Waals surface area contributed by atoms with E-state index in [4.69, 9.17) is 18.0 Å². The van der Waals surface area contributed by atoms with Crippen molar-refractivity contribution >= 4 is 27.2 Å². The normalized spacial score (nSPS) is 13.6. The molecular formula is C14H23N3O2S2. The fourth-order valence-corrected chi connectivity index (χ4v) is 4.03. The zero-order valence-corrected chi connectivity index (χ0v) is 14.5. The van der Waals surface area contributed by atoms with Crippen molar-refractivity contribution in [2.75, 3.05) is 27.2 Å². The lowest BCUT2D eigenvalue weighted by atomic mass is 10.2. The predicted octanol–water partition coefficient (Wildman–Crippen LogP) is 1.28. The van der Waals surface area contributed by atoms with Crippen molar-refractivity contribution in [2.24, 2.45) is 5.73 Å². The molecule has 0 heterocycles. The Balaban J connectivity index is 3.09. The van der Waals surface area contributed by atoms with Crippen LogP contribution in [-0.2, 0) is 10.0 Å². The standard InChI is InChI=1S/C14H23N3O2S2/c1-5-17(11(2)10-16(3)4)21(18,19)13-8-6-12(7-9-13)14(15)20/h6-9,11H,5,10H2,1-4H3,(H2,15,20). The molecule has 0 saturated carbocycles. The minimum Gasteiger partial charge on any atom is -0.389 e. The monoisotopic (exact) mass is 329 g/mol. The SMILES string of the molecule is CCN(C(C)CN(C)C)S(=O)(=O)c1ccc(C(N)=S)cc1. The summed E-state index contributed by atoms with van der Waals surface area (Å²) in [5.41, 5.74) is 6.19. The smallest absolute Gasteiger partial charge is 0.243 e. The molecule has 0 aliphatic rings. The number of sulfonamides is 1. The van der Waals surface area contributed by atoms with Gasteiger partial charge in [0, 0.05) is 24.7 Å². The molecule has 5 nitrogen and oxygen atoms in total. The van der Waals surface area contributed by atoms with Crippen LogP contribution in [0.1, 0.15) is 19.4 Å². The van der Waals surface area contributed by atoms with Gasteiger partial charge in [-0.2, -0.15) is 4.31 Å². The van der Waals surface area contributed by atoms with Crippen molar-refractivity contribution in [3.05, 3.63) is 29.8 Å². The third-order valence-electron chi connectivity index (χ3n) is 3.18. The second-order valence-corrected chi connectivity index (χ2v) is 7.54. The first-order chi connectivity index (χ1) is 9.70. The van der Waals surface area contributed by atoms with Crippen LogP contribution < -0.4 is 5.73 Å². The van der Waals surface area contributed by atoms with Crippen LogP contribution in [0.3, 0.4) is 0 Å². The maximum atomic E-state index is 12.7. The summed E-state index contributed by atoms with van der Waals surface area (Å²) < 4.78 is 26.9. The van der Waals surface area contributed by atoms with E-state index in [-0.39, 0.29) is 15.9 Å². The lowest BCUT2D eigenvalue weighted by molar-refractivity contribution is 0.271. The fourth-order valence-electron chi connectivity index (χ4n) is 2.26. The highest BCUT2D eigenvalue weighted by Crippen LogP contribution is 2.19. The van der Waals surface area contributed by atoms with Gasteiger partial charge >= 0.3 is 0 Å². The molecule has 0 aliphatic carbocycles. The molecule has 0 saturated heterocycles. The van der Waals surface area contributed by atoms with Gasteiger partial charge in [0.25, 0.3) is 0 Å². The number of benzene rings is 1. The Bertz CT molecular complexity index is 583. The molecule has 1 rings (SSSR count). The van der Waals surface area contributed by atoms with Gasteiger partial charge in [-0.1, -0.05) is 31.3 Å². The van der Waals surface area contributed by atoms with E-state index in [1.54, 1.807) is 24.3 Å². The first kappa shape index (κ1) is 18.0. The van der Waals surface area contributed by atoms with Crippen LogP contribution in [0.15, 0.2) is 29.2 Å². The highest BCUT2D eigenvalue weighted by Gasteiger charge is 2.27. The van der Waals surface area contributed by atoms with Gasteiger partial charge in [0.15, 0.2) is 0 Å². The van der Waals surface area contributed by atoms with Crippen LogP contribution in [0.4, 0.5) is 0 Å². The van der Waals surface area contributed by atoms with E-state index in [9.17, 15) is 8.42 Å². The molecule has 0 spiro atoms. The summed E-state index contributed by atoms with van der Waals surface area (Å²) in [5.74, 6) is 0. The Hall–Kier alpha value is -1.02. The average molecular weight is 329 g/mol. The number of nitrogens with two attached hydrogens (primary N) is 1. The van der Waals surface area contributed by atoms with Gasteiger partial charge in [0.2, 0.25) is 10.0 Å². The van der Waals surface area contributed by atoms with Crippen LogP contribution in [0.2, 0.25) is 0 Å². The zero-order valence-electron chi connectivity index (χ0n) is 12.9. The quantitative estimate of drug-likeness (QED) is 0.764. The molecule has 0 fully saturated rings. The molecule has 2 N–H and O–H groups in total. The third kappa shape index (κ3) is 4.47. The number of rotatable bonds is 7. The van der Waals surface area contributed by atoms with E-state index < -0.39 is 10.0 Å². The molecule has 1 aromatic rings. The van der Waals surface area contributed by atoms with Crippen LogP contribution in [0, 0.1) is 0 Å². The van der Waals surface area contributed by atoms with Crippen molar-refractivity contribution in [1.82, 2.24) is 9.21 Å². The summed E-state index contributed by atoms with van der Waals surface area (Å²) in [6.07, 6.45) is 0. The number of likely N-dealkylation sites (N-methyl/N-ethyl adjacent to an activating group) is 2. The van der Waals surface area contributed by atoms with Gasteiger partial charge in [-0.05, 0) is 33.2 Å². The van der Waals surface area contributed by atoms with Gasteiger partial charge in [-0.25, -0.2) is 8.42 Å². The second kappa shape index (κ2) is 7.31. The van der Waals surface area contributed by atoms with E-state index in [2.05, 4.69) is 0 Å². The number of hydrogen-bond donors (Lipinski definition) is 1. The van der Waals surface area contributed by atoms with Gasteiger partial charge in [-0.3, -0.25) is 0 Å². The number of nitrogens with zero attached hydrogens (tertiary/aromatic N) is 2. The maximum Gasteiger partial charge on any atom is 0.243 e. The summed E-state index contributed by atoms with van der Waals surface area (Å²) in [6.45, 7) is 4.84. The first-order valence-electron chi connectivity index (χ1n) is 6.76. The largest absolute Gasteiger partial charge is 0.389 e. The van der Waals surface area contributed by atoms with Crippen molar-refractivity contribution in [3.8, 4) is 0 Å². The average Bonchev–Trinajstić information content (AvgIpc) is 2.38. The van der Waals surface area contributed by atoms with Crippen molar-refractivity contribution in [2.45, 2.75) is 24.8 Å². The van der Waals surface area contributed by atoms with Gasteiger partial charge in [-0.15, -0.1) is 0 Å². The molecule has 7 heteroatoms. The van der Waals surface area contributed by atoms with E-state index in [0.717, 1.165) is 0 Å². The molecular weight excluding hydrogens is 306 g/mol. The number of thiocarbonyl (C=S) groups is 1. The van der Waals surface area contributed by atoms with E-state index in [1.807, 2.05) is 32.8 Å². The minimum absolute atomic E-state index is 0.106. The van der Waals surface area contributed by atoms with Crippen LogP contribution in [0.5, 0.6) is 0 Å². The van der Waals surface area contributed by atoms with Crippen molar-refractivity contribution < 1.29 is 8.42 Å². The third-order valence-corrected chi connectivity index (χ3v) is 5.52. The summed E-state index contributed by atoms with van der Waals surface area (Å²) in [6, 6.07) is 6.27. The molecule has 1 aromatic carbocycles. The van der Waals surface area contributed by atoms with E-state index in [1.165, 1.54) is 4.31 Å². The molecule has 0 bridgehead atoms. The lowest BCUT2D eigenvalue weighted by Crippen LogP contribution is -2.43. The molecule has 0 amide bonds. The Morgan fingerprint density at radius 2 is 1.81 bits per heavy atom. The Kier molecular flexibility index (Phi) is 6.27. The highest BCUT2D eigenvalue weighted by atomic mass is 32.2. The molecule has 0 radical (unpaired) electrons. The molecule has 0 aliphatic heterocycles. The molecule has 1 atom stereocenters. The van der Waals surface area contributed by atoms with E-state index in [0.29, 0.717) is 18.7 Å². The second-order valence-electron chi connectivity index (χ2n) is 5.21. The first-order valence-corrected chi connectivity index (χ1v) is 8.61. The Morgan fingerprint density at radius 3 is 2.19 bits per heavy atom. The molecule has 21 heavy (non-hydrogen) atoms. The van der Waals surface area contributed by atoms with Crippen LogP contribution in [0.25, 0.3) is 0 Å². The fraction of sp³-hybridized carbons (Fsp3) is 0.500. The lowest BCUT2D eigenvalue weighted by Gasteiger charge is -2.29. The van der Waals surface area contributed by atoms with Crippen molar-refractivity contribution in [3.63, 3.8) is 0 Å². The summed E-state index contributed by atoms with van der Waals surface area (Å²) in [4.78, 5) is 2.49. The maximum absolute atomic E-state index is 12.7. The topological polar surface area (TPSA) is 66.6 Å². The summed E-state index contributed by atoms with van der Waals surface area (Å²) in [5, 5.41) is 0. The van der Waals surface area contributed by atoms with Crippen LogP contribution >= 0.6 is 12.2 Å². The van der Waals surface area contributed by atoms with Gasteiger partial charge in [0.1, 0.15) is 4.99 Å². The highest BCUT2D eigenvalue weighted by molar-refractivity contribution is 7.89. The van der Waals surface area contributed by atoms with Gasteiger partial charge < -0.3 is 10.6 Å². The minimum atomic E-state index is -3.52. The van der Waals surface area contributed by atoms with Crippen molar-refractivity contribution in [1.29, 1.82) is 0 Å². The molecule has 0 aromatic heterocycles.